The van der Waals surface area contributed by atoms with Crippen molar-refractivity contribution >= 4 is 16.5 Å². The molecule has 1 aromatic heterocycles. The lowest BCUT2D eigenvalue weighted by molar-refractivity contribution is 0.461. The van der Waals surface area contributed by atoms with Crippen molar-refractivity contribution in [3.05, 3.63) is 59.0 Å². The van der Waals surface area contributed by atoms with Gasteiger partial charge < -0.3 is 15.1 Å². The zero-order valence-corrected chi connectivity index (χ0v) is 15.4. The molecule has 5 heteroatoms. The number of anilines is 1. The van der Waals surface area contributed by atoms with Crippen LogP contribution in [0.15, 0.2) is 48.5 Å². The predicted octanol–water partition coefficient (Wildman–Crippen LogP) is 4.80. The predicted molar refractivity (Wildman–Crippen MR) is 106 cm³/mol. The van der Waals surface area contributed by atoms with Gasteiger partial charge in [0, 0.05) is 30.0 Å². The second-order valence-corrected chi connectivity index (χ2v) is 7.74. The molecule has 3 aromatic rings. The Hall–Kier alpha value is -2.53. The van der Waals surface area contributed by atoms with Crippen LogP contribution in [0.5, 0.6) is 11.5 Å². The number of nitrogens with zero attached hydrogens (tertiary/aromatic N) is 2. The Kier molecular flexibility index (Phi) is 4.80. The smallest absolute Gasteiger partial charge is 0.186 e. The zero-order chi connectivity index (χ0) is 17.9. The molecule has 0 aliphatic carbocycles. The van der Waals surface area contributed by atoms with Crippen LogP contribution in [-0.4, -0.2) is 28.3 Å². The first kappa shape index (κ1) is 16.9. The van der Waals surface area contributed by atoms with Crippen LogP contribution in [0.1, 0.15) is 29.7 Å². The van der Waals surface area contributed by atoms with E-state index in [-0.39, 0.29) is 11.5 Å². The molecule has 0 saturated carbocycles. The van der Waals surface area contributed by atoms with Crippen molar-refractivity contribution in [1.29, 1.82) is 0 Å². The number of hydrogen-bond acceptors (Lipinski definition) is 5. The van der Waals surface area contributed by atoms with Crippen LogP contribution in [0, 0.1) is 0 Å². The third-order valence-corrected chi connectivity index (χ3v) is 5.87. The van der Waals surface area contributed by atoms with Crippen LogP contribution in [0.25, 0.3) is 11.3 Å². The number of aromatic hydroxyl groups is 2. The van der Waals surface area contributed by atoms with E-state index in [1.165, 1.54) is 37.0 Å². The Morgan fingerprint density at radius 3 is 2.50 bits per heavy atom. The molecule has 2 N–H and O–H groups in total. The Labute approximate surface area is 157 Å². The molecular weight excluding hydrogens is 344 g/mol. The first-order valence-corrected chi connectivity index (χ1v) is 9.83. The molecular formula is C21H22N2O2S. The lowest BCUT2D eigenvalue weighted by atomic mass is 10.1. The van der Waals surface area contributed by atoms with E-state index in [1.807, 2.05) is 18.2 Å². The molecule has 26 heavy (non-hydrogen) atoms. The topological polar surface area (TPSA) is 56.6 Å². The summed E-state index contributed by atoms with van der Waals surface area (Å²) in [4.78, 5) is 8.32. The van der Waals surface area contributed by atoms with Gasteiger partial charge in [-0.15, -0.1) is 11.3 Å². The molecule has 2 heterocycles. The second kappa shape index (κ2) is 7.38. The summed E-state index contributed by atoms with van der Waals surface area (Å²) >= 11 is 1.69. The molecule has 0 amide bonds. The van der Waals surface area contributed by atoms with E-state index in [4.69, 9.17) is 4.98 Å². The highest BCUT2D eigenvalue weighted by atomic mass is 32.1. The minimum atomic E-state index is 0.135. The molecule has 0 spiro atoms. The standard InChI is InChI=1S/C21H22N2O2S/c24-16-9-10-18(25)17(14-16)20-19(13-15-7-3-1-4-8-15)26-21(22-20)23-11-5-2-6-12-23/h1,3-4,7-10,14,24-25H,2,5-6,11-13H2. The number of rotatable bonds is 4. The fourth-order valence-electron chi connectivity index (χ4n) is 3.38. The monoisotopic (exact) mass is 366 g/mol. The van der Waals surface area contributed by atoms with E-state index in [1.54, 1.807) is 17.4 Å². The number of benzene rings is 2. The first-order valence-electron chi connectivity index (χ1n) is 9.01. The molecule has 1 saturated heterocycles. The minimum absolute atomic E-state index is 0.135. The van der Waals surface area contributed by atoms with Gasteiger partial charge in [-0.2, -0.15) is 0 Å². The highest BCUT2D eigenvalue weighted by molar-refractivity contribution is 7.16. The number of hydrogen-bond donors (Lipinski definition) is 2. The summed E-state index contributed by atoms with van der Waals surface area (Å²) in [5.74, 6) is 0.281. The molecule has 0 atom stereocenters. The van der Waals surface area contributed by atoms with Crippen LogP contribution in [0.2, 0.25) is 0 Å². The molecule has 4 nitrogen and oxygen atoms in total. The third-order valence-electron chi connectivity index (χ3n) is 4.76. The Morgan fingerprint density at radius 1 is 0.962 bits per heavy atom. The normalized spacial score (nSPS) is 14.5. The summed E-state index contributed by atoms with van der Waals surface area (Å²) in [6, 6.07) is 14.9. The summed E-state index contributed by atoms with van der Waals surface area (Å²) in [7, 11) is 0. The quantitative estimate of drug-likeness (QED) is 0.651. The van der Waals surface area contributed by atoms with Gasteiger partial charge in [0.1, 0.15) is 11.5 Å². The van der Waals surface area contributed by atoms with Gasteiger partial charge in [-0.05, 0) is 43.0 Å². The van der Waals surface area contributed by atoms with E-state index in [2.05, 4.69) is 17.0 Å². The lowest BCUT2D eigenvalue weighted by Gasteiger charge is -2.25. The SMILES string of the molecule is Oc1ccc(O)c(-c2nc(N3CCCCC3)sc2Cc2ccccc2)c1. The summed E-state index contributed by atoms with van der Waals surface area (Å²) in [6.07, 6.45) is 4.43. The van der Waals surface area contributed by atoms with E-state index < -0.39 is 0 Å². The van der Waals surface area contributed by atoms with E-state index >= 15 is 0 Å². The number of aromatic nitrogens is 1. The van der Waals surface area contributed by atoms with Gasteiger partial charge in [0.25, 0.3) is 0 Å². The Balaban J connectivity index is 1.76. The van der Waals surface area contributed by atoms with E-state index in [0.29, 0.717) is 5.56 Å². The molecule has 0 radical (unpaired) electrons. The van der Waals surface area contributed by atoms with Crippen LogP contribution < -0.4 is 4.90 Å². The molecule has 4 rings (SSSR count). The van der Waals surface area contributed by atoms with Crippen molar-refractivity contribution in [1.82, 2.24) is 4.98 Å². The number of thiazole rings is 1. The number of phenolic OH excluding ortho intramolecular Hbond substituents is 2. The van der Waals surface area contributed by atoms with Crippen LogP contribution in [0.4, 0.5) is 5.13 Å². The fraction of sp³-hybridized carbons (Fsp3) is 0.286. The highest BCUT2D eigenvalue weighted by Gasteiger charge is 2.21. The number of phenols is 2. The summed E-state index contributed by atoms with van der Waals surface area (Å²) < 4.78 is 0. The maximum Gasteiger partial charge on any atom is 0.186 e. The lowest BCUT2D eigenvalue weighted by Crippen LogP contribution is -2.29. The van der Waals surface area contributed by atoms with Gasteiger partial charge in [0.05, 0.1) is 5.69 Å². The maximum absolute atomic E-state index is 10.3. The van der Waals surface area contributed by atoms with Crippen molar-refractivity contribution in [2.45, 2.75) is 25.7 Å². The van der Waals surface area contributed by atoms with Gasteiger partial charge in [-0.25, -0.2) is 4.98 Å². The highest BCUT2D eigenvalue weighted by Crippen LogP contribution is 2.40. The summed E-state index contributed by atoms with van der Waals surface area (Å²) in [6.45, 7) is 2.06. The molecule has 1 aliphatic heterocycles. The van der Waals surface area contributed by atoms with Gasteiger partial charge in [-0.3, -0.25) is 0 Å². The molecule has 1 aliphatic rings. The van der Waals surface area contributed by atoms with E-state index in [0.717, 1.165) is 35.2 Å². The maximum atomic E-state index is 10.3. The summed E-state index contributed by atoms with van der Waals surface area (Å²) in [5.41, 5.74) is 2.57. The minimum Gasteiger partial charge on any atom is -0.508 e. The van der Waals surface area contributed by atoms with Crippen LogP contribution >= 0.6 is 11.3 Å². The fourth-order valence-corrected chi connectivity index (χ4v) is 4.55. The Morgan fingerprint density at radius 2 is 1.73 bits per heavy atom. The molecule has 2 aromatic carbocycles. The van der Waals surface area contributed by atoms with Crippen LogP contribution in [0.3, 0.4) is 0 Å². The van der Waals surface area contributed by atoms with Gasteiger partial charge in [0.15, 0.2) is 5.13 Å². The second-order valence-electron chi connectivity index (χ2n) is 6.68. The average Bonchev–Trinajstić information content (AvgIpc) is 3.09. The molecule has 0 bridgehead atoms. The van der Waals surface area contributed by atoms with Crippen LogP contribution in [-0.2, 0) is 6.42 Å². The molecule has 0 unspecified atom stereocenters. The van der Waals surface area contributed by atoms with Crippen molar-refractivity contribution in [2.75, 3.05) is 18.0 Å². The number of piperidine rings is 1. The zero-order valence-electron chi connectivity index (χ0n) is 14.6. The van der Waals surface area contributed by atoms with Crippen molar-refractivity contribution in [2.24, 2.45) is 0 Å². The van der Waals surface area contributed by atoms with Crippen molar-refractivity contribution in [3.8, 4) is 22.8 Å². The first-order chi connectivity index (χ1) is 12.7. The van der Waals surface area contributed by atoms with Crippen molar-refractivity contribution < 1.29 is 10.2 Å². The Bertz CT molecular complexity index is 886. The molecule has 1 fully saturated rings. The van der Waals surface area contributed by atoms with Crippen molar-refractivity contribution in [3.63, 3.8) is 0 Å². The average molecular weight is 366 g/mol. The molecule has 134 valence electrons. The van der Waals surface area contributed by atoms with E-state index in [9.17, 15) is 10.2 Å². The third kappa shape index (κ3) is 3.53. The van der Waals surface area contributed by atoms with Gasteiger partial charge in [-0.1, -0.05) is 30.3 Å². The summed E-state index contributed by atoms with van der Waals surface area (Å²) in [5, 5.41) is 21.2. The van der Waals surface area contributed by atoms with Gasteiger partial charge >= 0.3 is 0 Å². The van der Waals surface area contributed by atoms with Gasteiger partial charge in [0.2, 0.25) is 0 Å². The largest absolute Gasteiger partial charge is 0.508 e.